The van der Waals surface area contributed by atoms with Crippen LogP contribution in [0.25, 0.3) is 0 Å². The van der Waals surface area contributed by atoms with E-state index < -0.39 is 0 Å². The lowest BCUT2D eigenvalue weighted by Crippen LogP contribution is -2.36. The van der Waals surface area contributed by atoms with E-state index in [2.05, 4.69) is 15.2 Å². The first-order valence-corrected chi connectivity index (χ1v) is 5.84. The molecule has 1 aliphatic rings. The van der Waals surface area contributed by atoms with Crippen molar-refractivity contribution in [2.45, 2.75) is 12.5 Å². The molecule has 17 heavy (non-hydrogen) atoms. The third-order valence-corrected chi connectivity index (χ3v) is 3.15. The van der Waals surface area contributed by atoms with Crippen LogP contribution in [-0.2, 0) is 0 Å². The average molecular weight is 255 g/mol. The van der Waals surface area contributed by atoms with E-state index in [4.69, 9.17) is 17.3 Å². The standard InChI is InChI=1S/C11H15ClN4O/c1-16-3-2-7(6-16)15-11(17)8-4-10(13)14-5-9(8)12/h4-5,7H,2-3,6H2,1H3,(H2,13,14)(H,15,17). The second kappa shape index (κ2) is 4.89. The van der Waals surface area contributed by atoms with Crippen molar-refractivity contribution < 1.29 is 4.79 Å². The van der Waals surface area contributed by atoms with Crippen LogP contribution in [-0.4, -0.2) is 42.0 Å². The molecule has 1 aromatic heterocycles. The van der Waals surface area contributed by atoms with Gasteiger partial charge in [0.15, 0.2) is 0 Å². The Hall–Kier alpha value is -1.33. The molecule has 1 fully saturated rings. The number of likely N-dealkylation sites (tertiary alicyclic amines) is 1. The van der Waals surface area contributed by atoms with E-state index in [1.165, 1.54) is 12.3 Å². The molecule has 1 saturated heterocycles. The average Bonchev–Trinajstić information content (AvgIpc) is 2.67. The van der Waals surface area contributed by atoms with Crippen molar-refractivity contribution in [3.8, 4) is 0 Å². The topological polar surface area (TPSA) is 71.2 Å². The van der Waals surface area contributed by atoms with E-state index in [-0.39, 0.29) is 11.9 Å². The molecule has 92 valence electrons. The summed E-state index contributed by atoms with van der Waals surface area (Å²) in [4.78, 5) is 18.0. The number of amides is 1. The molecular formula is C11H15ClN4O. The SMILES string of the molecule is CN1CCC(NC(=O)c2cc(N)ncc2Cl)C1. The molecule has 1 aliphatic heterocycles. The van der Waals surface area contributed by atoms with Crippen LogP contribution in [0.15, 0.2) is 12.3 Å². The van der Waals surface area contributed by atoms with Crippen LogP contribution in [0.4, 0.5) is 5.82 Å². The summed E-state index contributed by atoms with van der Waals surface area (Å²) in [7, 11) is 2.03. The fourth-order valence-electron chi connectivity index (χ4n) is 1.94. The minimum atomic E-state index is -0.190. The molecule has 0 aromatic carbocycles. The van der Waals surface area contributed by atoms with Crippen molar-refractivity contribution in [2.24, 2.45) is 0 Å². The number of likely N-dealkylation sites (N-methyl/N-ethyl adjacent to an activating group) is 1. The van der Waals surface area contributed by atoms with Crippen molar-refractivity contribution >= 4 is 23.3 Å². The quantitative estimate of drug-likeness (QED) is 0.817. The summed E-state index contributed by atoms with van der Waals surface area (Å²) in [6.45, 7) is 1.86. The Kier molecular flexibility index (Phi) is 3.49. The molecule has 5 nitrogen and oxygen atoms in total. The van der Waals surface area contributed by atoms with Crippen molar-refractivity contribution in [2.75, 3.05) is 25.9 Å². The highest BCUT2D eigenvalue weighted by molar-refractivity contribution is 6.33. The number of aromatic nitrogens is 1. The first kappa shape index (κ1) is 12.1. The van der Waals surface area contributed by atoms with E-state index >= 15 is 0 Å². The van der Waals surface area contributed by atoms with Crippen molar-refractivity contribution in [1.82, 2.24) is 15.2 Å². The molecule has 0 aliphatic carbocycles. The van der Waals surface area contributed by atoms with Crippen molar-refractivity contribution in [3.63, 3.8) is 0 Å². The summed E-state index contributed by atoms with van der Waals surface area (Å²) in [5.41, 5.74) is 5.92. The van der Waals surface area contributed by atoms with Crippen LogP contribution in [0, 0.1) is 0 Å². The van der Waals surface area contributed by atoms with Gasteiger partial charge >= 0.3 is 0 Å². The van der Waals surface area contributed by atoms with Crippen molar-refractivity contribution in [3.05, 3.63) is 22.8 Å². The van der Waals surface area contributed by atoms with E-state index in [0.29, 0.717) is 16.4 Å². The molecule has 0 spiro atoms. The lowest BCUT2D eigenvalue weighted by atomic mass is 10.2. The summed E-state index contributed by atoms with van der Waals surface area (Å²) >= 11 is 5.92. The smallest absolute Gasteiger partial charge is 0.253 e. The molecule has 6 heteroatoms. The number of carbonyl (C=O) groups excluding carboxylic acids is 1. The molecular weight excluding hydrogens is 240 g/mol. The fourth-order valence-corrected chi connectivity index (χ4v) is 2.13. The molecule has 2 heterocycles. The Bertz CT molecular complexity index is 437. The minimum absolute atomic E-state index is 0.179. The molecule has 1 unspecified atom stereocenters. The van der Waals surface area contributed by atoms with Crippen LogP contribution in [0.3, 0.4) is 0 Å². The lowest BCUT2D eigenvalue weighted by Gasteiger charge is -2.13. The molecule has 1 aromatic rings. The number of nitrogen functional groups attached to an aromatic ring is 1. The number of hydrogen-bond donors (Lipinski definition) is 2. The van der Waals surface area contributed by atoms with E-state index in [1.807, 2.05) is 7.05 Å². The molecule has 3 N–H and O–H groups in total. The summed E-state index contributed by atoms with van der Waals surface area (Å²) in [5.74, 6) is 0.104. The largest absolute Gasteiger partial charge is 0.384 e. The van der Waals surface area contributed by atoms with Gasteiger partial charge in [-0.05, 0) is 26.1 Å². The Labute approximate surface area is 105 Å². The van der Waals surface area contributed by atoms with Crippen LogP contribution < -0.4 is 11.1 Å². The monoisotopic (exact) mass is 254 g/mol. The summed E-state index contributed by atoms with van der Waals surface area (Å²) in [6, 6.07) is 1.68. The molecule has 0 bridgehead atoms. The zero-order valence-electron chi connectivity index (χ0n) is 9.61. The van der Waals surface area contributed by atoms with Gasteiger partial charge in [0, 0.05) is 18.8 Å². The third kappa shape index (κ3) is 2.87. The van der Waals surface area contributed by atoms with Crippen molar-refractivity contribution in [1.29, 1.82) is 0 Å². The number of carbonyl (C=O) groups is 1. The second-order valence-corrected chi connectivity index (χ2v) is 4.72. The summed E-state index contributed by atoms with van der Waals surface area (Å²) in [6.07, 6.45) is 2.35. The molecule has 0 saturated carbocycles. The number of halogens is 1. The highest BCUT2D eigenvalue weighted by Crippen LogP contribution is 2.17. The Balaban J connectivity index is 2.06. The Morgan fingerprint density at radius 3 is 3.12 bits per heavy atom. The number of nitrogens with two attached hydrogens (primary N) is 1. The van der Waals surface area contributed by atoms with E-state index in [9.17, 15) is 4.79 Å². The maximum Gasteiger partial charge on any atom is 0.253 e. The number of anilines is 1. The number of nitrogens with zero attached hydrogens (tertiary/aromatic N) is 2. The van der Waals surface area contributed by atoms with E-state index in [1.54, 1.807) is 0 Å². The number of hydrogen-bond acceptors (Lipinski definition) is 4. The maximum atomic E-state index is 12.0. The molecule has 0 radical (unpaired) electrons. The van der Waals surface area contributed by atoms with E-state index in [0.717, 1.165) is 19.5 Å². The minimum Gasteiger partial charge on any atom is -0.384 e. The lowest BCUT2D eigenvalue weighted by molar-refractivity contribution is 0.0938. The zero-order valence-corrected chi connectivity index (χ0v) is 10.4. The first-order chi connectivity index (χ1) is 8.06. The summed E-state index contributed by atoms with van der Waals surface area (Å²) in [5, 5.41) is 3.27. The first-order valence-electron chi connectivity index (χ1n) is 5.46. The predicted molar refractivity (Wildman–Crippen MR) is 67.0 cm³/mol. The number of rotatable bonds is 2. The normalized spacial score (nSPS) is 20.5. The highest BCUT2D eigenvalue weighted by atomic mass is 35.5. The fraction of sp³-hybridized carbons (Fsp3) is 0.455. The van der Waals surface area contributed by atoms with Crippen LogP contribution >= 0.6 is 11.6 Å². The highest BCUT2D eigenvalue weighted by Gasteiger charge is 2.22. The van der Waals surface area contributed by atoms with Gasteiger partial charge in [-0.25, -0.2) is 4.98 Å². The maximum absolute atomic E-state index is 12.0. The molecule has 1 atom stereocenters. The second-order valence-electron chi connectivity index (χ2n) is 4.31. The van der Waals surface area contributed by atoms with Gasteiger partial charge in [0.2, 0.25) is 0 Å². The van der Waals surface area contributed by atoms with Gasteiger partial charge in [-0.15, -0.1) is 0 Å². The predicted octanol–water partition coefficient (Wildman–Crippen LogP) is 0.751. The number of pyridine rings is 1. The summed E-state index contributed by atoms with van der Waals surface area (Å²) < 4.78 is 0. The van der Waals surface area contributed by atoms with Gasteiger partial charge in [0.25, 0.3) is 5.91 Å². The van der Waals surface area contributed by atoms with Gasteiger partial charge < -0.3 is 16.0 Å². The third-order valence-electron chi connectivity index (χ3n) is 2.85. The van der Waals surface area contributed by atoms with Crippen LogP contribution in [0.5, 0.6) is 0 Å². The van der Waals surface area contributed by atoms with Gasteiger partial charge in [0.1, 0.15) is 5.82 Å². The Morgan fingerprint density at radius 2 is 2.47 bits per heavy atom. The van der Waals surface area contributed by atoms with Gasteiger partial charge in [-0.3, -0.25) is 4.79 Å². The van der Waals surface area contributed by atoms with Gasteiger partial charge in [-0.2, -0.15) is 0 Å². The van der Waals surface area contributed by atoms with Gasteiger partial charge in [0.05, 0.1) is 10.6 Å². The van der Waals surface area contributed by atoms with Gasteiger partial charge in [-0.1, -0.05) is 11.6 Å². The zero-order chi connectivity index (χ0) is 12.4. The Morgan fingerprint density at radius 1 is 1.71 bits per heavy atom. The molecule has 1 amide bonds. The molecule has 2 rings (SSSR count). The van der Waals surface area contributed by atoms with Crippen LogP contribution in [0.1, 0.15) is 16.8 Å². The van der Waals surface area contributed by atoms with Crippen LogP contribution in [0.2, 0.25) is 5.02 Å². The number of nitrogens with one attached hydrogen (secondary N) is 1.